The van der Waals surface area contributed by atoms with E-state index in [1.165, 1.54) is 0 Å². The van der Waals surface area contributed by atoms with Crippen LogP contribution in [0.25, 0.3) is 0 Å². The van der Waals surface area contributed by atoms with Crippen LogP contribution < -0.4 is 9.64 Å². The van der Waals surface area contributed by atoms with E-state index in [-0.39, 0.29) is 24.7 Å². The number of ether oxygens (including phenoxy) is 1. The number of aliphatic hydroxyl groups excluding tert-OH is 1. The van der Waals surface area contributed by atoms with Crippen molar-refractivity contribution in [3.63, 3.8) is 0 Å². The molecule has 0 aromatic heterocycles. The first-order valence-corrected chi connectivity index (χ1v) is 6.28. The van der Waals surface area contributed by atoms with Crippen LogP contribution in [-0.4, -0.2) is 56.4 Å². The fourth-order valence-electron chi connectivity index (χ4n) is 2.12. The summed E-state index contributed by atoms with van der Waals surface area (Å²) in [4.78, 5) is 3.82. The zero-order valence-electron chi connectivity index (χ0n) is 10.9. The van der Waals surface area contributed by atoms with Crippen LogP contribution in [0.15, 0.2) is 12.1 Å². The second-order valence-electron chi connectivity index (χ2n) is 4.60. The Balaban J connectivity index is 2.16. The van der Waals surface area contributed by atoms with E-state index in [1.807, 2.05) is 7.05 Å². The first-order valence-electron chi connectivity index (χ1n) is 6.28. The normalized spacial score (nSPS) is 16.7. The highest BCUT2D eigenvalue weighted by Gasteiger charge is 2.21. The summed E-state index contributed by atoms with van der Waals surface area (Å²) >= 11 is 0. The topological polar surface area (TPSA) is 35.9 Å². The zero-order valence-corrected chi connectivity index (χ0v) is 10.9. The third-order valence-electron chi connectivity index (χ3n) is 3.17. The number of likely N-dealkylation sites (N-methyl/N-ethyl adjacent to an activating group) is 1. The van der Waals surface area contributed by atoms with Gasteiger partial charge in [0.1, 0.15) is 18.0 Å². The van der Waals surface area contributed by atoms with Crippen LogP contribution in [0.4, 0.5) is 14.5 Å². The Morgan fingerprint density at radius 1 is 1.16 bits per heavy atom. The van der Waals surface area contributed by atoms with Gasteiger partial charge in [0.05, 0.1) is 6.61 Å². The molecule has 1 fully saturated rings. The second-order valence-corrected chi connectivity index (χ2v) is 4.60. The molecule has 1 aromatic rings. The summed E-state index contributed by atoms with van der Waals surface area (Å²) in [6.07, 6.45) is 0. The highest BCUT2D eigenvalue weighted by atomic mass is 19.1. The van der Waals surface area contributed by atoms with Crippen LogP contribution in [0, 0.1) is 11.6 Å². The minimum Gasteiger partial charge on any atom is -0.491 e. The lowest BCUT2D eigenvalue weighted by molar-refractivity contribution is 0.200. The van der Waals surface area contributed by atoms with Crippen molar-refractivity contribution in [3.8, 4) is 5.75 Å². The average molecular weight is 272 g/mol. The Morgan fingerprint density at radius 3 is 2.26 bits per heavy atom. The molecular weight excluding hydrogens is 254 g/mol. The maximum absolute atomic E-state index is 14.0. The fraction of sp³-hybridized carbons (Fsp3) is 0.538. The van der Waals surface area contributed by atoms with Gasteiger partial charge in [0.2, 0.25) is 0 Å². The number of benzene rings is 1. The maximum atomic E-state index is 14.0. The summed E-state index contributed by atoms with van der Waals surface area (Å²) in [6.45, 7) is 2.59. The van der Waals surface area contributed by atoms with Gasteiger partial charge in [-0.1, -0.05) is 0 Å². The molecule has 2 rings (SSSR count). The van der Waals surface area contributed by atoms with Gasteiger partial charge in [-0.05, 0) is 7.05 Å². The predicted octanol–water partition coefficient (Wildman–Crippen LogP) is 1.09. The van der Waals surface area contributed by atoms with E-state index in [9.17, 15) is 8.78 Å². The molecule has 1 heterocycles. The zero-order chi connectivity index (χ0) is 13.8. The molecule has 0 saturated carbocycles. The minimum atomic E-state index is -0.627. The van der Waals surface area contributed by atoms with Crippen LogP contribution in [0.3, 0.4) is 0 Å². The van der Waals surface area contributed by atoms with Crippen molar-refractivity contribution < 1.29 is 18.6 Å². The molecule has 1 aliphatic heterocycles. The van der Waals surface area contributed by atoms with E-state index in [1.54, 1.807) is 4.90 Å². The average Bonchev–Trinajstić information content (AvgIpc) is 2.38. The van der Waals surface area contributed by atoms with Gasteiger partial charge in [-0.15, -0.1) is 0 Å². The molecule has 0 amide bonds. The number of hydrogen-bond acceptors (Lipinski definition) is 4. The number of aliphatic hydroxyl groups is 1. The van der Waals surface area contributed by atoms with Gasteiger partial charge in [0.25, 0.3) is 0 Å². The van der Waals surface area contributed by atoms with Gasteiger partial charge in [0.15, 0.2) is 11.6 Å². The van der Waals surface area contributed by atoms with Crippen molar-refractivity contribution in [2.24, 2.45) is 0 Å². The lowest BCUT2D eigenvalue weighted by Crippen LogP contribution is -2.45. The SMILES string of the molecule is CN1CCN(c2c(F)cc(OCCO)cc2F)CC1. The van der Waals surface area contributed by atoms with E-state index in [0.29, 0.717) is 13.1 Å². The molecule has 1 N–H and O–H groups in total. The van der Waals surface area contributed by atoms with Gasteiger partial charge in [0, 0.05) is 38.3 Å². The van der Waals surface area contributed by atoms with E-state index in [2.05, 4.69) is 4.90 Å². The molecule has 19 heavy (non-hydrogen) atoms. The molecule has 0 unspecified atom stereocenters. The van der Waals surface area contributed by atoms with Crippen LogP contribution in [0.1, 0.15) is 0 Å². The monoisotopic (exact) mass is 272 g/mol. The number of rotatable bonds is 4. The Labute approximate surface area is 111 Å². The number of nitrogens with zero attached hydrogens (tertiary/aromatic N) is 2. The van der Waals surface area contributed by atoms with Crippen LogP contribution >= 0.6 is 0 Å². The number of piperazine rings is 1. The minimum absolute atomic E-state index is 0.00412. The van der Waals surface area contributed by atoms with Gasteiger partial charge in [-0.3, -0.25) is 0 Å². The Hall–Kier alpha value is -1.40. The van der Waals surface area contributed by atoms with E-state index < -0.39 is 11.6 Å². The maximum Gasteiger partial charge on any atom is 0.153 e. The molecule has 0 radical (unpaired) electrons. The summed E-state index contributed by atoms with van der Waals surface area (Å²) in [6, 6.07) is 2.32. The summed E-state index contributed by atoms with van der Waals surface area (Å²) in [5.41, 5.74) is 0.00412. The summed E-state index contributed by atoms with van der Waals surface area (Å²) < 4.78 is 33.0. The standard InChI is InChI=1S/C13H18F2N2O2/c1-16-2-4-17(5-3-16)13-11(14)8-10(9-12(13)15)19-7-6-18/h8-9,18H,2-7H2,1H3. The first kappa shape index (κ1) is 14.0. The lowest BCUT2D eigenvalue weighted by Gasteiger charge is -2.34. The highest BCUT2D eigenvalue weighted by molar-refractivity contribution is 5.52. The molecule has 1 saturated heterocycles. The Morgan fingerprint density at radius 2 is 1.74 bits per heavy atom. The molecule has 0 aliphatic carbocycles. The van der Waals surface area contributed by atoms with E-state index >= 15 is 0 Å². The summed E-state index contributed by atoms with van der Waals surface area (Å²) in [5, 5.41) is 8.62. The van der Waals surface area contributed by atoms with Crippen LogP contribution in [0.5, 0.6) is 5.75 Å². The quantitative estimate of drug-likeness (QED) is 0.890. The van der Waals surface area contributed by atoms with Crippen molar-refractivity contribution in [1.29, 1.82) is 0 Å². The molecule has 0 spiro atoms. The van der Waals surface area contributed by atoms with Crippen molar-refractivity contribution in [3.05, 3.63) is 23.8 Å². The molecule has 6 heteroatoms. The smallest absolute Gasteiger partial charge is 0.153 e. The van der Waals surface area contributed by atoms with Gasteiger partial charge >= 0.3 is 0 Å². The number of halogens is 2. The molecule has 0 bridgehead atoms. The number of anilines is 1. The molecule has 0 atom stereocenters. The summed E-state index contributed by atoms with van der Waals surface area (Å²) in [7, 11) is 1.98. The highest BCUT2D eigenvalue weighted by Crippen LogP contribution is 2.28. The molecular formula is C13H18F2N2O2. The Kier molecular flexibility index (Phi) is 4.55. The second kappa shape index (κ2) is 6.16. The van der Waals surface area contributed by atoms with E-state index in [4.69, 9.17) is 9.84 Å². The van der Waals surface area contributed by atoms with Gasteiger partial charge < -0.3 is 19.6 Å². The largest absolute Gasteiger partial charge is 0.491 e. The third-order valence-corrected chi connectivity index (χ3v) is 3.17. The van der Waals surface area contributed by atoms with Crippen molar-refractivity contribution in [2.45, 2.75) is 0 Å². The molecule has 1 aromatic carbocycles. The summed E-state index contributed by atoms with van der Waals surface area (Å²) in [5.74, 6) is -1.16. The van der Waals surface area contributed by atoms with Crippen molar-refractivity contribution in [2.75, 3.05) is 51.3 Å². The van der Waals surface area contributed by atoms with Gasteiger partial charge in [-0.2, -0.15) is 0 Å². The molecule has 4 nitrogen and oxygen atoms in total. The van der Waals surface area contributed by atoms with Crippen molar-refractivity contribution >= 4 is 5.69 Å². The lowest BCUT2D eigenvalue weighted by atomic mass is 10.2. The first-order chi connectivity index (χ1) is 9.11. The Bertz CT molecular complexity index is 412. The third kappa shape index (κ3) is 3.33. The van der Waals surface area contributed by atoms with Crippen LogP contribution in [0.2, 0.25) is 0 Å². The van der Waals surface area contributed by atoms with Crippen molar-refractivity contribution in [1.82, 2.24) is 4.90 Å². The van der Waals surface area contributed by atoms with E-state index in [0.717, 1.165) is 25.2 Å². The fourth-order valence-corrected chi connectivity index (χ4v) is 2.12. The van der Waals surface area contributed by atoms with Crippen LogP contribution in [-0.2, 0) is 0 Å². The predicted molar refractivity (Wildman–Crippen MR) is 68.6 cm³/mol. The molecule has 106 valence electrons. The number of hydrogen-bond donors (Lipinski definition) is 1. The van der Waals surface area contributed by atoms with Gasteiger partial charge in [-0.25, -0.2) is 8.78 Å². The molecule has 1 aliphatic rings.